The molecule has 6 heteroatoms. The van der Waals surface area contributed by atoms with Crippen LogP contribution in [0.3, 0.4) is 0 Å². The van der Waals surface area contributed by atoms with Gasteiger partial charge in [-0.15, -0.1) is 0 Å². The first kappa shape index (κ1) is 14.8. The second-order valence-corrected chi connectivity index (χ2v) is 5.99. The van der Waals surface area contributed by atoms with Gasteiger partial charge in [-0.1, -0.05) is 11.6 Å². The molecule has 0 unspecified atom stereocenters. The number of halogens is 1. The van der Waals surface area contributed by atoms with Crippen LogP contribution in [0.1, 0.15) is 34.6 Å². The zero-order valence-electron chi connectivity index (χ0n) is 12.5. The van der Waals surface area contributed by atoms with Crippen molar-refractivity contribution in [3.05, 3.63) is 46.2 Å². The van der Waals surface area contributed by atoms with E-state index in [1.165, 1.54) is 0 Å². The monoisotopic (exact) mass is 316 g/mol. The van der Waals surface area contributed by atoms with Crippen LogP contribution in [0.2, 0.25) is 5.02 Å². The van der Waals surface area contributed by atoms with E-state index in [0.717, 1.165) is 29.8 Å². The predicted octanol–water partition coefficient (Wildman–Crippen LogP) is 3.38. The van der Waals surface area contributed by atoms with Gasteiger partial charge in [0.15, 0.2) is 0 Å². The molecule has 1 fully saturated rings. The molecule has 0 spiro atoms. The molecule has 1 aliphatic carbocycles. The van der Waals surface area contributed by atoms with E-state index in [0.29, 0.717) is 22.7 Å². The Morgan fingerprint density at radius 3 is 2.68 bits per heavy atom. The molecule has 22 heavy (non-hydrogen) atoms. The minimum absolute atomic E-state index is 0.149. The molecule has 1 aromatic carbocycles. The number of nitrogens with one attached hydrogen (secondary N) is 2. The highest BCUT2D eigenvalue weighted by Gasteiger charge is 2.24. The molecule has 1 amide bonds. The third kappa shape index (κ3) is 3.54. The first-order valence-corrected chi connectivity index (χ1v) is 7.59. The van der Waals surface area contributed by atoms with Crippen LogP contribution in [-0.4, -0.2) is 21.9 Å². The molecule has 1 heterocycles. The summed E-state index contributed by atoms with van der Waals surface area (Å²) in [4.78, 5) is 20.8. The predicted molar refractivity (Wildman–Crippen MR) is 86.7 cm³/mol. The fourth-order valence-electron chi connectivity index (χ4n) is 2.12. The van der Waals surface area contributed by atoms with Crippen LogP contribution < -0.4 is 10.6 Å². The van der Waals surface area contributed by atoms with E-state index < -0.39 is 0 Å². The lowest BCUT2D eigenvalue weighted by molar-refractivity contribution is 0.0946. The lowest BCUT2D eigenvalue weighted by Crippen LogP contribution is -2.26. The summed E-state index contributed by atoms with van der Waals surface area (Å²) < 4.78 is 0. The van der Waals surface area contributed by atoms with E-state index in [4.69, 9.17) is 11.6 Å². The van der Waals surface area contributed by atoms with Crippen molar-refractivity contribution in [2.45, 2.75) is 32.7 Å². The third-order valence-corrected chi connectivity index (χ3v) is 3.67. The van der Waals surface area contributed by atoms with Crippen molar-refractivity contribution in [2.24, 2.45) is 0 Å². The largest absolute Gasteiger partial charge is 0.348 e. The van der Waals surface area contributed by atoms with Gasteiger partial charge < -0.3 is 10.6 Å². The highest BCUT2D eigenvalue weighted by molar-refractivity contribution is 6.30. The number of amides is 1. The average Bonchev–Trinajstić information content (AvgIpc) is 3.25. The van der Waals surface area contributed by atoms with E-state index in [-0.39, 0.29) is 5.91 Å². The van der Waals surface area contributed by atoms with Crippen molar-refractivity contribution in [3.8, 4) is 0 Å². The molecule has 0 bridgehead atoms. The molecule has 1 aromatic heterocycles. The van der Waals surface area contributed by atoms with Crippen LogP contribution in [-0.2, 0) is 0 Å². The summed E-state index contributed by atoms with van der Waals surface area (Å²) in [5, 5.41) is 6.75. The molecule has 114 valence electrons. The highest BCUT2D eigenvalue weighted by atomic mass is 35.5. The average molecular weight is 317 g/mol. The molecule has 1 aliphatic rings. The topological polar surface area (TPSA) is 66.9 Å². The van der Waals surface area contributed by atoms with Gasteiger partial charge in [0.2, 0.25) is 5.95 Å². The van der Waals surface area contributed by atoms with Crippen molar-refractivity contribution in [3.63, 3.8) is 0 Å². The molecular formula is C16H17ClN4O. The molecule has 0 aliphatic heterocycles. The van der Waals surface area contributed by atoms with Crippen molar-refractivity contribution < 1.29 is 4.79 Å². The van der Waals surface area contributed by atoms with E-state index in [1.807, 2.05) is 26.0 Å². The van der Waals surface area contributed by atoms with Gasteiger partial charge in [-0.2, -0.15) is 0 Å². The number of aromatic nitrogens is 2. The number of carbonyl (C=O) groups is 1. The van der Waals surface area contributed by atoms with Crippen molar-refractivity contribution in [1.82, 2.24) is 15.3 Å². The summed E-state index contributed by atoms with van der Waals surface area (Å²) in [5.74, 6) is 0.259. The Labute approximate surface area is 134 Å². The standard InChI is InChI=1S/C16H17ClN4O/c1-9-7-11(17)3-6-13(9)20-16-18-10(2)8-14(21-16)15(22)19-12-4-5-12/h3,6-8,12H,4-5H2,1-2H3,(H,19,22)(H,18,20,21). The Morgan fingerprint density at radius 2 is 2.00 bits per heavy atom. The zero-order valence-corrected chi connectivity index (χ0v) is 13.2. The zero-order chi connectivity index (χ0) is 15.7. The van der Waals surface area contributed by atoms with Gasteiger partial charge >= 0.3 is 0 Å². The van der Waals surface area contributed by atoms with Gasteiger partial charge in [-0.05, 0) is 56.5 Å². The van der Waals surface area contributed by atoms with Crippen molar-refractivity contribution in [1.29, 1.82) is 0 Å². The Balaban J connectivity index is 1.83. The maximum absolute atomic E-state index is 12.1. The highest BCUT2D eigenvalue weighted by Crippen LogP contribution is 2.23. The summed E-state index contributed by atoms with van der Waals surface area (Å²) >= 11 is 5.95. The van der Waals surface area contributed by atoms with Gasteiger partial charge in [-0.25, -0.2) is 9.97 Å². The number of anilines is 2. The Bertz CT molecular complexity index is 728. The van der Waals surface area contributed by atoms with Crippen LogP contribution in [0.25, 0.3) is 0 Å². The molecular weight excluding hydrogens is 300 g/mol. The summed E-state index contributed by atoms with van der Waals surface area (Å²) in [5.41, 5.74) is 2.98. The van der Waals surface area contributed by atoms with Crippen LogP contribution in [0.5, 0.6) is 0 Å². The maximum Gasteiger partial charge on any atom is 0.270 e. The lowest BCUT2D eigenvalue weighted by Gasteiger charge is -2.10. The summed E-state index contributed by atoms with van der Waals surface area (Å²) in [6.07, 6.45) is 2.09. The number of carbonyl (C=O) groups excluding carboxylic acids is 1. The third-order valence-electron chi connectivity index (χ3n) is 3.43. The van der Waals surface area contributed by atoms with Gasteiger partial charge in [0.1, 0.15) is 5.69 Å². The first-order valence-electron chi connectivity index (χ1n) is 7.21. The van der Waals surface area contributed by atoms with Crippen molar-refractivity contribution in [2.75, 3.05) is 5.32 Å². The molecule has 5 nitrogen and oxygen atoms in total. The second kappa shape index (κ2) is 5.93. The van der Waals surface area contributed by atoms with Crippen LogP contribution in [0, 0.1) is 13.8 Å². The molecule has 3 rings (SSSR count). The first-order chi connectivity index (χ1) is 10.5. The van der Waals surface area contributed by atoms with Gasteiger partial charge in [0.25, 0.3) is 5.91 Å². The Kier molecular flexibility index (Phi) is 3.98. The number of aryl methyl sites for hydroxylation is 2. The summed E-state index contributed by atoms with van der Waals surface area (Å²) in [6.45, 7) is 3.79. The Morgan fingerprint density at radius 1 is 1.23 bits per heavy atom. The quantitative estimate of drug-likeness (QED) is 0.907. The van der Waals surface area contributed by atoms with Gasteiger partial charge in [-0.3, -0.25) is 4.79 Å². The van der Waals surface area contributed by atoms with E-state index >= 15 is 0 Å². The van der Waals surface area contributed by atoms with Gasteiger partial charge in [0.05, 0.1) is 0 Å². The second-order valence-electron chi connectivity index (χ2n) is 5.55. The fraction of sp³-hybridized carbons (Fsp3) is 0.312. The molecule has 1 saturated carbocycles. The number of hydrogen-bond acceptors (Lipinski definition) is 4. The van der Waals surface area contributed by atoms with Gasteiger partial charge in [0, 0.05) is 22.4 Å². The lowest BCUT2D eigenvalue weighted by atomic mass is 10.2. The van der Waals surface area contributed by atoms with E-state index in [2.05, 4.69) is 20.6 Å². The molecule has 0 radical (unpaired) electrons. The summed E-state index contributed by atoms with van der Waals surface area (Å²) in [7, 11) is 0. The molecule has 0 atom stereocenters. The maximum atomic E-state index is 12.1. The minimum atomic E-state index is -0.149. The smallest absolute Gasteiger partial charge is 0.270 e. The minimum Gasteiger partial charge on any atom is -0.348 e. The normalized spacial score (nSPS) is 13.8. The SMILES string of the molecule is Cc1cc(C(=O)NC2CC2)nc(Nc2ccc(Cl)cc2C)n1. The van der Waals surface area contributed by atoms with Crippen molar-refractivity contribution >= 4 is 29.1 Å². The number of nitrogens with zero attached hydrogens (tertiary/aromatic N) is 2. The van der Waals surface area contributed by atoms with E-state index in [1.54, 1.807) is 12.1 Å². The number of rotatable bonds is 4. The summed E-state index contributed by atoms with van der Waals surface area (Å²) in [6, 6.07) is 7.52. The van der Waals surface area contributed by atoms with Crippen LogP contribution in [0.4, 0.5) is 11.6 Å². The molecule has 0 saturated heterocycles. The number of benzene rings is 1. The molecule has 2 aromatic rings. The molecule has 2 N–H and O–H groups in total. The van der Waals surface area contributed by atoms with Crippen LogP contribution in [0.15, 0.2) is 24.3 Å². The van der Waals surface area contributed by atoms with Crippen LogP contribution >= 0.6 is 11.6 Å². The van der Waals surface area contributed by atoms with E-state index in [9.17, 15) is 4.79 Å². The Hall–Kier alpha value is -2.14. The fourth-order valence-corrected chi connectivity index (χ4v) is 2.34. The number of hydrogen-bond donors (Lipinski definition) is 2.